The highest BCUT2D eigenvalue weighted by atomic mass is 19.1. The first-order valence-electron chi connectivity index (χ1n) is 5.43. The predicted octanol–water partition coefficient (Wildman–Crippen LogP) is 0.318. The molecule has 0 radical (unpaired) electrons. The first-order chi connectivity index (χ1) is 8.65. The van der Waals surface area contributed by atoms with Crippen LogP contribution in [0.25, 0.3) is 0 Å². The Morgan fingerprint density at radius 3 is 2.67 bits per heavy atom. The van der Waals surface area contributed by atoms with Crippen molar-refractivity contribution in [1.29, 1.82) is 0 Å². The van der Waals surface area contributed by atoms with Crippen molar-refractivity contribution in [2.75, 3.05) is 26.8 Å². The predicted molar refractivity (Wildman–Crippen MR) is 63.6 cm³/mol. The molecular weight excluding hydrogens is 239 g/mol. The quantitative estimate of drug-likeness (QED) is 0.718. The normalized spacial score (nSPS) is 9.89. The molecule has 0 aromatic heterocycles. The summed E-state index contributed by atoms with van der Waals surface area (Å²) in [6, 6.07) is 5.58. The van der Waals surface area contributed by atoms with E-state index >= 15 is 0 Å². The van der Waals surface area contributed by atoms with Gasteiger partial charge in [0, 0.05) is 13.7 Å². The van der Waals surface area contributed by atoms with Gasteiger partial charge < -0.3 is 15.4 Å². The molecular formula is C12H15FN2O3. The number of amides is 2. The van der Waals surface area contributed by atoms with Gasteiger partial charge in [-0.15, -0.1) is 0 Å². The number of hydrogen-bond acceptors (Lipinski definition) is 3. The van der Waals surface area contributed by atoms with E-state index in [2.05, 4.69) is 10.6 Å². The average Bonchev–Trinajstić information content (AvgIpc) is 2.37. The van der Waals surface area contributed by atoms with Gasteiger partial charge in [0.15, 0.2) is 0 Å². The van der Waals surface area contributed by atoms with Crippen LogP contribution in [0.1, 0.15) is 10.4 Å². The Labute approximate surface area is 104 Å². The Hall–Kier alpha value is -1.95. The van der Waals surface area contributed by atoms with Gasteiger partial charge >= 0.3 is 0 Å². The lowest BCUT2D eigenvalue weighted by atomic mass is 10.2. The fourth-order valence-electron chi connectivity index (χ4n) is 1.26. The molecule has 0 spiro atoms. The van der Waals surface area contributed by atoms with Crippen LogP contribution in [-0.4, -0.2) is 38.6 Å². The highest BCUT2D eigenvalue weighted by Crippen LogP contribution is 2.05. The van der Waals surface area contributed by atoms with E-state index in [1.807, 2.05) is 0 Å². The van der Waals surface area contributed by atoms with Crippen LogP contribution in [0.15, 0.2) is 24.3 Å². The van der Waals surface area contributed by atoms with E-state index in [9.17, 15) is 14.0 Å². The molecule has 18 heavy (non-hydrogen) atoms. The molecule has 1 rings (SSSR count). The van der Waals surface area contributed by atoms with E-state index in [-0.39, 0.29) is 18.0 Å². The second-order valence-corrected chi connectivity index (χ2v) is 3.51. The van der Waals surface area contributed by atoms with Crippen molar-refractivity contribution in [3.05, 3.63) is 35.6 Å². The fraction of sp³-hybridized carbons (Fsp3) is 0.333. The van der Waals surface area contributed by atoms with E-state index < -0.39 is 11.7 Å². The first kappa shape index (κ1) is 14.1. The highest BCUT2D eigenvalue weighted by Gasteiger charge is 2.11. The van der Waals surface area contributed by atoms with E-state index in [0.717, 1.165) is 0 Å². The van der Waals surface area contributed by atoms with Crippen molar-refractivity contribution in [3.63, 3.8) is 0 Å². The molecule has 1 aromatic rings. The van der Waals surface area contributed by atoms with Crippen molar-refractivity contribution < 1.29 is 18.7 Å². The van der Waals surface area contributed by atoms with Crippen molar-refractivity contribution >= 4 is 11.8 Å². The van der Waals surface area contributed by atoms with Gasteiger partial charge in [0.05, 0.1) is 18.7 Å². The van der Waals surface area contributed by atoms with E-state index in [0.29, 0.717) is 13.2 Å². The van der Waals surface area contributed by atoms with Gasteiger partial charge in [-0.25, -0.2) is 4.39 Å². The van der Waals surface area contributed by atoms with E-state index in [1.165, 1.54) is 25.3 Å². The summed E-state index contributed by atoms with van der Waals surface area (Å²) in [5.41, 5.74) is -0.0813. The van der Waals surface area contributed by atoms with Crippen molar-refractivity contribution in [2.24, 2.45) is 0 Å². The zero-order valence-corrected chi connectivity index (χ0v) is 10.0. The number of methoxy groups -OCH3 is 1. The Bertz CT molecular complexity index is 424. The molecule has 6 heteroatoms. The Kier molecular flexibility index (Phi) is 5.79. The van der Waals surface area contributed by atoms with Gasteiger partial charge in [-0.05, 0) is 12.1 Å². The molecule has 0 saturated carbocycles. The molecule has 2 amide bonds. The van der Waals surface area contributed by atoms with Crippen LogP contribution in [0.4, 0.5) is 4.39 Å². The third-order valence-corrected chi connectivity index (χ3v) is 2.16. The maximum Gasteiger partial charge on any atom is 0.254 e. The van der Waals surface area contributed by atoms with E-state index in [4.69, 9.17) is 4.74 Å². The summed E-state index contributed by atoms with van der Waals surface area (Å²) in [7, 11) is 1.52. The Balaban J connectivity index is 2.38. The van der Waals surface area contributed by atoms with Crippen LogP contribution in [-0.2, 0) is 9.53 Å². The van der Waals surface area contributed by atoms with Crippen LogP contribution in [0.2, 0.25) is 0 Å². The standard InChI is InChI=1S/C12H15FN2O3/c1-18-7-6-14-11(16)8-15-12(17)9-4-2-3-5-10(9)13/h2-5H,6-8H2,1H3,(H,14,16)(H,15,17). The average molecular weight is 254 g/mol. The number of ether oxygens (including phenoxy) is 1. The molecule has 0 aliphatic carbocycles. The molecule has 98 valence electrons. The minimum Gasteiger partial charge on any atom is -0.383 e. The van der Waals surface area contributed by atoms with Gasteiger partial charge in [0.25, 0.3) is 5.91 Å². The van der Waals surface area contributed by atoms with Gasteiger partial charge in [0.1, 0.15) is 5.82 Å². The summed E-state index contributed by atoms with van der Waals surface area (Å²) in [6.45, 7) is 0.564. The van der Waals surface area contributed by atoms with Crippen LogP contribution < -0.4 is 10.6 Å². The highest BCUT2D eigenvalue weighted by molar-refractivity contribution is 5.96. The topological polar surface area (TPSA) is 67.4 Å². The molecule has 0 aliphatic heterocycles. The van der Waals surface area contributed by atoms with Crippen molar-refractivity contribution in [3.8, 4) is 0 Å². The number of hydrogen-bond donors (Lipinski definition) is 2. The molecule has 0 atom stereocenters. The molecule has 0 aliphatic rings. The van der Waals surface area contributed by atoms with Gasteiger partial charge in [-0.1, -0.05) is 12.1 Å². The molecule has 0 saturated heterocycles. The monoisotopic (exact) mass is 254 g/mol. The lowest BCUT2D eigenvalue weighted by molar-refractivity contribution is -0.120. The Morgan fingerprint density at radius 2 is 2.00 bits per heavy atom. The van der Waals surface area contributed by atoms with Gasteiger partial charge in [-0.2, -0.15) is 0 Å². The zero-order chi connectivity index (χ0) is 13.4. The lowest BCUT2D eigenvalue weighted by Crippen LogP contribution is -2.38. The van der Waals surface area contributed by atoms with E-state index in [1.54, 1.807) is 6.07 Å². The molecule has 0 unspecified atom stereocenters. The van der Waals surface area contributed by atoms with Crippen molar-refractivity contribution in [1.82, 2.24) is 10.6 Å². The van der Waals surface area contributed by atoms with Crippen molar-refractivity contribution in [2.45, 2.75) is 0 Å². The summed E-state index contributed by atoms with van der Waals surface area (Å²) >= 11 is 0. The van der Waals surface area contributed by atoms with Crippen LogP contribution in [0, 0.1) is 5.82 Å². The largest absolute Gasteiger partial charge is 0.383 e. The Morgan fingerprint density at radius 1 is 1.28 bits per heavy atom. The number of rotatable bonds is 6. The molecule has 5 nitrogen and oxygen atoms in total. The first-order valence-corrected chi connectivity index (χ1v) is 5.43. The fourth-order valence-corrected chi connectivity index (χ4v) is 1.26. The summed E-state index contributed by atoms with van der Waals surface area (Å²) in [4.78, 5) is 22.8. The molecule has 0 heterocycles. The second kappa shape index (κ2) is 7.39. The number of nitrogens with one attached hydrogen (secondary N) is 2. The second-order valence-electron chi connectivity index (χ2n) is 3.51. The lowest BCUT2D eigenvalue weighted by Gasteiger charge is -2.07. The van der Waals surface area contributed by atoms with Crippen LogP contribution in [0.3, 0.4) is 0 Å². The number of carbonyl (C=O) groups is 2. The van der Waals surface area contributed by atoms with Gasteiger partial charge in [-0.3, -0.25) is 9.59 Å². The third-order valence-electron chi connectivity index (χ3n) is 2.16. The van der Waals surface area contributed by atoms with Crippen LogP contribution >= 0.6 is 0 Å². The minimum atomic E-state index is -0.616. The zero-order valence-electron chi connectivity index (χ0n) is 10.0. The molecule has 0 bridgehead atoms. The molecule has 2 N–H and O–H groups in total. The third kappa shape index (κ3) is 4.50. The maximum atomic E-state index is 13.2. The number of halogens is 1. The SMILES string of the molecule is COCCNC(=O)CNC(=O)c1ccccc1F. The summed E-state index contributed by atoms with van der Waals surface area (Å²) in [5, 5.41) is 4.87. The smallest absolute Gasteiger partial charge is 0.254 e. The van der Waals surface area contributed by atoms with Crippen LogP contribution in [0.5, 0.6) is 0 Å². The number of carbonyl (C=O) groups excluding carboxylic acids is 2. The van der Waals surface area contributed by atoms with Gasteiger partial charge in [0.2, 0.25) is 5.91 Å². The maximum absolute atomic E-state index is 13.2. The summed E-state index contributed by atoms with van der Waals surface area (Å²) in [6.07, 6.45) is 0. The molecule has 0 fully saturated rings. The summed E-state index contributed by atoms with van der Waals surface area (Å²) in [5.74, 6) is -1.58. The molecule has 1 aromatic carbocycles. The minimum absolute atomic E-state index is 0.0813. The number of benzene rings is 1. The summed E-state index contributed by atoms with van der Waals surface area (Å²) < 4.78 is 18.0.